The van der Waals surface area contributed by atoms with Gasteiger partial charge in [0.25, 0.3) is 0 Å². The van der Waals surface area contributed by atoms with Gasteiger partial charge in [-0.15, -0.1) is 0 Å². The first kappa shape index (κ1) is 17.4. The molecule has 1 aromatic rings. The summed E-state index contributed by atoms with van der Waals surface area (Å²) in [6, 6.07) is 5.80. The third kappa shape index (κ3) is 3.95. The van der Waals surface area contributed by atoms with Crippen molar-refractivity contribution in [2.75, 3.05) is 32.4 Å². The van der Waals surface area contributed by atoms with E-state index in [1.165, 1.54) is 6.26 Å². The first-order valence-electron chi connectivity index (χ1n) is 8.51. The van der Waals surface area contributed by atoms with Gasteiger partial charge in [-0.1, -0.05) is 6.07 Å². The van der Waals surface area contributed by atoms with E-state index in [-0.39, 0.29) is 11.3 Å². The van der Waals surface area contributed by atoms with Crippen LogP contribution in [-0.4, -0.2) is 60.9 Å². The van der Waals surface area contributed by atoms with E-state index in [1.807, 2.05) is 23.1 Å². The van der Waals surface area contributed by atoms with Gasteiger partial charge in [0, 0.05) is 56.3 Å². The van der Waals surface area contributed by atoms with E-state index in [1.54, 1.807) is 10.5 Å². The first-order chi connectivity index (χ1) is 11.4. The Kier molecular flexibility index (Phi) is 4.92. The molecule has 1 amide bonds. The van der Waals surface area contributed by atoms with E-state index in [0.29, 0.717) is 32.6 Å². The molecule has 1 aromatic heterocycles. The maximum absolute atomic E-state index is 12.3. The molecule has 0 radical (unpaired) electrons. The largest absolute Gasteiger partial charge is 0.342 e. The molecule has 0 saturated carbocycles. The Balaban J connectivity index is 1.67. The molecule has 1 spiro atoms. The molecule has 0 bridgehead atoms. The monoisotopic (exact) mass is 351 g/mol. The average molecular weight is 351 g/mol. The van der Waals surface area contributed by atoms with E-state index in [0.717, 1.165) is 31.4 Å². The van der Waals surface area contributed by atoms with Crippen molar-refractivity contribution in [1.82, 2.24) is 14.2 Å². The van der Waals surface area contributed by atoms with Crippen molar-refractivity contribution >= 4 is 15.9 Å². The quantitative estimate of drug-likeness (QED) is 0.819. The highest BCUT2D eigenvalue weighted by Gasteiger charge is 2.43. The SMILES string of the molecule is CS(=O)(=O)N1CCCC2(CCC(=O)N(CCc3ccccn3)C2)C1. The van der Waals surface area contributed by atoms with Crippen molar-refractivity contribution in [3.63, 3.8) is 0 Å². The van der Waals surface area contributed by atoms with Gasteiger partial charge in [-0.3, -0.25) is 9.78 Å². The second kappa shape index (κ2) is 6.80. The summed E-state index contributed by atoms with van der Waals surface area (Å²) in [4.78, 5) is 18.5. The zero-order valence-corrected chi connectivity index (χ0v) is 15.0. The number of hydrogen-bond acceptors (Lipinski definition) is 4. The molecule has 1 unspecified atom stereocenters. The van der Waals surface area contributed by atoms with Gasteiger partial charge >= 0.3 is 0 Å². The molecule has 2 aliphatic rings. The lowest BCUT2D eigenvalue weighted by Crippen LogP contribution is -2.55. The number of pyridine rings is 1. The fourth-order valence-electron chi connectivity index (χ4n) is 3.88. The van der Waals surface area contributed by atoms with Crippen LogP contribution in [0.4, 0.5) is 0 Å². The van der Waals surface area contributed by atoms with E-state index < -0.39 is 10.0 Å². The number of sulfonamides is 1. The minimum absolute atomic E-state index is 0.0840. The molecule has 2 saturated heterocycles. The normalized spacial score (nSPS) is 26.0. The van der Waals surface area contributed by atoms with Gasteiger partial charge in [0.1, 0.15) is 0 Å². The highest BCUT2D eigenvalue weighted by atomic mass is 32.2. The van der Waals surface area contributed by atoms with Crippen LogP contribution in [0.2, 0.25) is 0 Å². The van der Waals surface area contributed by atoms with Gasteiger partial charge in [-0.25, -0.2) is 12.7 Å². The molecule has 0 N–H and O–H groups in total. The number of rotatable bonds is 4. The van der Waals surface area contributed by atoms with Crippen LogP contribution in [0.1, 0.15) is 31.4 Å². The summed E-state index contributed by atoms with van der Waals surface area (Å²) in [6.07, 6.45) is 6.94. The molecule has 2 fully saturated rings. The highest BCUT2D eigenvalue weighted by molar-refractivity contribution is 7.88. The highest BCUT2D eigenvalue weighted by Crippen LogP contribution is 2.39. The van der Waals surface area contributed by atoms with Gasteiger partial charge in [0.05, 0.1) is 6.26 Å². The third-order valence-electron chi connectivity index (χ3n) is 5.21. The smallest absolute Gasteiger partial charge is 0.222 e. The lowest BCUT2D eigenvalue weighted by molar-refractivity contribution is -0.138. The number of hydrogen-bond donors (Lipinski definition) is 0. The Labute approximate surface area is 143 Å². The van der Waals surface area contributed by atoms with Crippen LogP contribution < -0.4 is 0 Å². The van der Waals surface area contributed by atoms with Gasteiger partial charge in [0.2, 0.25) is 15.9 Å². The van der Waals surface area contributed by atoms with Crippen molar-refractivity contribution in [3.05, 3.63) is 30.1 Å². The summed E-state index contributed by atoms with van der Waals surface area (Å²) in [7, 11) is -3.17. The van der Waals surface area contributed by atoms with Crippen LogP contribution in [-0.2, 0) is 21.2 Å². The molecule has 1 atom stereocenters. The molecule has 3 rings (SSSR count). The Morgan fingerprint density at radius 2 is 2.08 bits per heavy atom. The number of piperidine rings is 2. The fraction of sp³-hybridized carbons (Fsp3) is 0.647. The van der Waals surface area contributed by atoms with Crippen LogP contribution >= 0.6 is 0 Å². The third-order valence-corrected chi connectivity index (χ3v) is 6.46. The molecule has 2 aliphatic heterocycles. The summed E-state index contributed by atoms with van der Waals surface area (Å²) in [6.45, 7) is 2.45. The zero-order chi connectivity index (χ0) is 17.2. The lowest BCUT2D eigenvalue weighted by atomic mass is 9.74. The fourth-order valence-corrected chi connectivity index (χ4v) is 4.85. The molecular weight excluding hydrogens is 326 g/mol. The van der Waals surface area contributed by atoms with Crippen molar-refractivity contribution < 1.29 is 13.2 Å². The molecule has 0 aromatic carbocycles. The first-order valence-corrected chi connectivity index (χ1v) is 10.4. The standard InChI is InChI=1S/C17H25N3O3S/c1-24(22,23)20-11-4-8-17(14-20)9-6-16(21)19(13-17)12-7-15-5-2-3-10-18-15/h2-3,5,10H,4,6-9,11-14H2,1H3. The molecular formula is C17H25N3O3S. The van der Waals surface area contributed by atoms with Gasteiger partial charge in [-0.05, 0) is 31.4 Å². The van der Waals surface area contributed by atoms with E-state index in [9.17, 15) is 13.2 Å². The maximum Gasteiger partial charge on any atom is 0.222 e. The predicted molar refractivity (Wildman–Crippen MR) is 91.8 cm³/mol. The second-order valence-corrected chi connectivity index (χ2v) is 9.07. The number of amides is 1. The van der Waals surface area contributed by atoms with Crippen molar-refractivity contribution in [2.45, 2.75) is 32.1 Å². The summed E-state index contributed by atoms with van der Waals surface area (Å²) in [5.74, 6) is 0.174. The number of aromatic nitrogens is 1. The van der Waals surface area contributed by atoms with Gasteiger partial charge in [0.15, 0.2) is 0 Å². The van der Waals surface area contributed by atoms with Crippen LogP contribution in [0.25, 0.3) is 0 Å². The average Bonchev–Trinajstić information content (AvgIpc) is 2.56. The molecule has 6 nitrogen and oxygen atoms in total. The molecule has 0 aliphatic carbocycles. The van der Waals surface area contributed by atoms with Crippen LogP contribution in [0.3, 0.4) is 0 Å². The summed E-state index contributed by atoms with van der Waals surface area (Å²) < 4.78 is 25.4. The van der Waals surface area contributed by atoms with E-state index in [4.69, 9.17) is 0 Å². The Bertz CT molecular complexity index is 692. The summed E-state index contributed by atoms with van der Waals surface area (Å²) in [5.41, 5.74) is 0.894. The number of nitrogens with zero attached hydrogens (tertiary/aromatic N) is 3. The van der Waals surface area contributed by atoms with Crippen molar-refractivity contribution in [1.29, 1.82) is 0 Å². The maximum atomic E-state index is 12.3. The second-order valence-electron chi connectivity index (χ2n) is 7.09. The summed E-state index contributed by atoms with van der Waals surface area (Å²) >= 11 is 0. The van der Waals surface area contributed by atoms with Crippen LogP contribution in [0, 0.1) is 5.41 Å². The molecule has 24 heavy (non-hydrogen) atoms. The molecule has 132 valence electrons. The van der Waals surface area contributed by atoms with E-state index >= 15 is 0 Å². The Hall–Kier alpha value is -1.47. The number of likely N-dealkylation sites (tertiary alicyclic amines) is 1. The molecule has 7 heteroatoms. The minimum atomic E-state index is -3.17. The van der Waals surface area contributed by atoms with Gasteiger partial charge in [-0.2, -0.15) is 0 Å². The Morgan fingerprint density at radius 1 is 1.25 bits per heavy atom. The lowest BCUT2D eigenvalue weighted by Gasteiger charge is -2.47. The van der Waals surface area contributed by atoms with Crippen molar-refractivity contribution in [2.24, 2.45) is 5.41 Å². The van der Waals surface area contributed by atoms with Gasteiger partial charge < -0.3 is 4.90 Å². The predicted octanol–water partition coefficient (Wildman–Crippen LogP) is 1.29. The minimum Gasteiger partial charge on any atom is -0.342 e. The van der Waals surface area contributed by atoms with Crippen LogP contribution in [0.5, 0.6) is 0 Å². The van der Waals surface area contributed by atoms with E-state index in [2.05, 4.69) is 4.98 Å². The number of carbonyl (C=O) groups excluding carboxylic acids is 1. The topological polar surface area (TPSA) is 70.6 Å². The zero-order valence-electron chi connectivity index (χ0n) is 14.1. The van der Waals surface area contributed by atoms with Crippen molar-refractivity contribution in [3.8, 4) is 0 Å². The van der Waals surface area contributed by atoms with Crippen LogP contribution in [0.15, 0.2) is 24.4 Å². The number of carbonyl (C=O) groups is 1. The Morgan fingerprint density at radius 3 is 2.79 bits per heavy atom. The molecule has 3 heterocycles. The summed E-state index contributed by atoms with van der Waals surface area (Å²) in [5, 5.41) is 0.